The lowest BCUT2D eigenvalue weighted by molar-refractivity contribution is -0.148. The number of esters is 1. The summed E-state index contributed by atoms with van der Waals surface area (Å²) in [4.78, 5) is 35.4. The lowest BCUT2D eigenvalue weighted by Crippen LogP contribution is -2.42. The molecule has 0 aliphatic carbocycles. The predicted octanol–water partition coefficient (Wildman–Crippen LogP) is 2.10. The molecular formula is C15H22N2O4S. The summed E-state index contributed by atoms with van der Waals surface area (Å²) >= 11 is 1.65. The highest BCUT2D eigenvalue weighted by molar-refractivity contribution is 7.09. The summed E-state index contributed by atoms with van der Waals surface area (Å²) in [6.07, 6.45) is 1.75. The zero-order chi connectivity index (χ0) is 16.4. The molecule has 0 aliphatic heterocycles. The summed E-state index contributed by atoms with van der Waals surface area (Å²) in [7, 11) is 0. The van der Waals surface area contributed by atoms with Crippen LogP contribution in [0.3, 0.4) is 0 Å². The SMILES string of the molecule is CC(C)CNC(=O)NC(=O)COC(=O)CCCc1cccs1. The second-order valence-corrected chi connectivity index (χ2v) is 6.28. The van der Waals surface area contributed by atoms with Gasteiger partial charge in [0.25, 0.3) is 5.91 Å². The quantitative estimate of drug-likeness (QED) is 0.717. The van der Waals surface area contributed by atoms with E-state index >= 15 is 0 Å². The molecule has 122 valence electrons. The number of urea groups is 1. The van der Waals surface area contributed by atoms with Crippen molar-refractivity contribution < 1.29 is 19.1 Å². The van der Waals surface area contributed by atoms with Crippen LogP contribution in [0.2, 0.25) is 0 Å². The fourth-order valence-electron chi connectivity index (χ4n) is 1.58. The number of hydrogen-bond donors (Lipinski definition) is 2. The van der Waals surface area contributed by atoms with Crippen LogP contribution in [0.15, 0.2) is 17.5 Å². The van der Waals surface area contributed by atoms with E-state index in [9.17, 15) is 14.4 Å². The van der Waals surface area contributed by atoms with Gasteiger partial charge in [-0.05, 0) is 30.2 Å². The Bertz CT molecular complexity index is 486. The molecule has 0 saturated carbocycles. The van der Waals surface area contributed by atoms with Gasteiger partial charge in [-0.3, -0.25) is 14.9 Å². The standard InChI is InChI=1S/C15H22N2O4S/c1-11(2)9-16-15(20)17-13(18)10-21-14(19)7-3-5-12-6-4-8-22-12/h4,6,8,11H,3,5,7,9-10H2,1-2H3,(H2,16,17,18,20). The molecule has 0 atom stereocenters. The highest BCUT2D eigenvalue weighted by Crippen LogP contribution is 2.12. The number of carbonyl (C=O) groups excluding carboxylic acids is 3. The number of amides is 3. The molecule has 0 saturated heterocycles. The molecule has 0 spiro atoms. The minimum absolute atomic E-state index is 0.255. The Morgan fingerprint density at radius 2 is 2.09 bits per heavy atom. The van der Waals surface area contributed by atoms with Crippen molar-refractivity contribution in [1.82, 2.24) is 10.6 Å². The maximum Gasteiger partial charge on any atom is 0.321 e. The molecule has 1 rings (SSSR count). The minimum Gasteiger partial charge on any atom is -0.456 e. The average Bonchev–Trinajstić information content (AvgIpc) is 2.96. The maximum atomic E-state index is 11.5. The largest absolute Gasteiger partial charge is 0.456 e. The van der Waals surface area contributed by atoms with Crippen LogP contribution < -0.4 is 10.6 Å². The zero-order valence-electron chi connectivity index (χ0n) is 12.9. The van der Waals surface area contributed by atoms with Gasteiger partial charge in [-0.15, -0.1) is 11.3 Å². The lowest BCUT2D eigenvalue weighted by atomic mass is 10.2. The van der Waals surface area contributed by atoms with Gasteiger partial charge in [0.15, 0.2) is 6.61 Å². The second kappa shape index (κ2) is 9.94. The van der Waals surface area contributed by atoms with Gasteiger partial charge in [-0.1, -0.05) is 19.9 Å². The number of imide groups is 1. The molecule has 2 N–H and O–H groups in total. The predicted molar refractivity (Wildman–Crippen MR) is 84.6 cm³/mol. The third-order valence-corrected chi connectivity index (χ3v) is 3.61. The van der Waals surface area contributed by atoms with Crippen molar-refractivity contribution >= 4 is 29.2 Å². The van der Waals surface area contributed by atoms with E-state index in [1.165, 1.54) is 4.88 Å². The molecule has 0 unspecified atom stereocenters. The first-order valence-electron chi connectivity index (χ1n) is 7.23. The molecule has 22 heavy (non-hydrogen) atoms. The van der Waals surface area contributed by atoms with Crippen LogP contribution >= 0.6 is 11.3 Å². The Labute approximate surface area is 134 Å². The Kier molecular flexibility index (Phi) is 8.21. The van der Waals surface area contributed by atoms with Gasteiger partial charge in [0.2, 0.25) is 0 Å². The molecule has 0 bridgehead atoms. The van der Waals surface area contributed by atoms with E-state index in [4.69, 9.17) is 4.74 Å². The van der Waals surface area contributed by atoms with Gasteiger partial charge in [-0.25, -0.2) is 4.79 Å². The van der Waals surface area contributed by atoms with Crippen molar-refractivity contribution in [3.05, 3.63) is 22.4 Å². The van der Waals surface area contributed by atoms with Crippen LogP contribution in [0.25, 0.3) is 0 Å². The zero-order valence-corrected chi connectivity index (χ0v) is 13.7. The van der Waals surface area contributed by atoms with E-state index in [0.29, 0.717) is 18.9 Å². The fraction of sp³-hybridized carbons (Fsp3) is 0.533. The summed E-state index contributed by atoms with van der Waals surface area (Å²) < 4.78 is 4.82. The summed E-state index contributed by atoms with van der Waals surface area (Å²) in [6.45, 7) is 3.93. The van der Waals surface area contributed by atoms with Crippen molar-refractivity contribution in [2.24, 2.45) is 5.92 Å². The van der Waals surface area contributed by atoms with E-state index in [1.54, 1.807) is 11.3 Å². The topological polar surface area (TPSA) is 84.5 Å². The van der Waals surface area contributed by atoms with Crippen LogP contribution in [0.1, 0.15) is 31.6 Å². The molecule has 7 heteroatoms. The summed E-state index contributed by atoms with van der Waals surface area (Å²) in [5.41, 5.74) is 0. The van der Waals surface area contributed by atoms with Crippen LogP contribution in [-0.4, -0.2) is 31.1 Å². The highest BCUT2D eigenvalue weighted by Gasteiger charge is 2.11. The molecule has 0 aromatic carbocycles. The molecular weight excluding hydrogens is 304 g/mol. The van der Waals surface area contributed by atoms with E-state index in [1.807, 2.05) is 31.4 Å². The minimum atomic E-state index is -0.632. The van der Waals surface area contributed by atoms with Crippen LogP contribution in [0.4, 0.5) is 4.79 Å². The van der Waals surface area contributed by atoms with Gasteiger partial charge in [0.05, 0.1) is 0 Å². The third-order valence-electron chi connectivity index (χ3n) is 2.67. The molecule has 0 radical (unpaired) electrons. The number of hydrogen-bond acceptors (Lipinski definition) is 5. The second-order valence-electron chi connectivity index (χ2n) is 5.25. The number of ether oxygens (including phenoxy) is 1. The smallest absolute Gasteiger partial charge is 0.321 e. The first-order valence-corrected chi connectivity index (χ1v) is 8.11. The van der Waals surface area contributed by atoms with Gasteiger partial charge < -0.3 is 10.1 Å². The number of rotatable bonds is 8. The Balaban J connectivity index is 2.09. The van der Waals surface area contributed by atoms with Crippen molar-refractivity contribution in [2.75, 3.05) is 13.2 Å². The molecule has 1 aromatic rings. The van der Waals surface area contributed by atoms with Crippen LogP contribution in [-0.2, 0) is 20.7 Å². The number of thiophene rings is 1. The summed E-state index contributed by atoms with van der Waals surface area (Å²) in [5.74, 6) is -0.774. The number of nitrogens with one attached hydrogen (secondary N) is 2. The van der Waals surface area contributed by atoms with Gasteiger partial charge in [-0.2, -0.15) is 0 Å². The Hall–Kier alpha value is -1.89. The molecule has 0 fully saturated rings. The number of carbonyl (C=O) groups is 3. The molecule has 1 heterocycles. The van der Waals surface area contributed by atoms with Crippen molar-refractivity contribution in [3.63, 3.8) is 0 Å². The van der Waals surface area contributed by atoms with E-state index in [2.05, 4.69) is 10.6 Å². The molecule has 0 aliphatic rings. The maximum absolute atomic E-state index is 11.5. The molecule has 6 nitrogen and oxygen atoms in total. The first kappa shape index (κ1) is 18.2. The number of aryl methyl sites for hydroxylation is 1. The molecule has 1 aromatic heterocycles. The van der Waals surface area contributed by atoms with Gasteiger partial charge in [0, 0.05) is 17.8 Å². The summed E-state index contributed by atoms with van der Waals surface area (Å²) in [5, 5.41) is 6.63. The molecule has 3 amide bonds. The van der Waals surface area contributed by atoms with Crippen molar-refractivity contribution in [2.45, 2.75) is 33.1 Å². The Morgan fingerprint density at radius 1 is 1.32 bits per heavy atom. The van der Waals surface area contributed by atoms with Crippen molar-refractivity contribution in [1.29, 1.82) is 0 Å². The van der Waals surface area contributed by atoms with E-state index in [0.717, 1.165) is 6.42 Å². The summed E-state index contributed by atoms with van der Waals surface area (Å²) in [6, 6.07) is 3.40. The third kappa shape index (κ3) is 8.41. The average molecular weight is 326 g/mol. The lowest BCUT2D eigenvalue weighted by Gasteiger charge is -2.08. The van der Waals surface area contributed by atoms with Crippen LogP contribution in [0, 0.1) is 5.92 Å². The van der Waals surface area contributed by atoms with Crippen LogP contribution in [0.5, 0.6) is 0 Å². The monoisotopic (exact) mass is 326 g/mol. The highest BCUT2D eigenvalue weighted by atomic mass is 32.1. The van der Waals surface area contributed by atoms with E-state index < -0.39 is 24.5 Å². The normalized spacial score (nSPS) is 10.3. The first-order chi connectivity index (χ1) is 10.5. The van der Waals surface area contributed by atoms with E-state index in [-0.39, 0.29) is 6.42 Å². The van der Waals surface area contributed by atoms with Crippen molar-refractivity contribution in [3.8, 4) is 0 Å². The van der Waals surface area contributed by atoms with Gasteiger partial charge in [0.1, 0.15) is 0 Å². The van der Waals surface area contributed by atoms with Gasteiger partial charge >= 0.3 is 12.0 Å². The fourth-order valence-corrected chi connectivity index (χ4v) is 2.33. The Morgan fingerprint density at radius 3 is 2.73 bits per heavy atom.